The third-order valence-electron chi connectivity index (χ3n) is 6.42. The summed E-state index contributed by atoms with van der Waals surface area (Å²) in [5, 5.41) is 4.27. The van der Waals surface area contributed by atoms with Crippen molar-refractivity contribution in [2.45, 2.75) is 65.0 Å². The van der Waals surface area contributed by atoms with Gasteiger partial charge in [-0.1, -0.05) is 0 Å². The Hall–Kier alpha value is -2.18. The van der Waals surface area contributed by atoms with E-state index in [0.29, 0.717) is 19.0 Å². The molecule has 7 heteroatoms. The van der Waals surface area contributed by atoms with Crippen LogP contribution in [0.15, 0.2) is 10.9 Å². The highest BCUT2D eigenvalue weighted by Crippen LogP contribution is 2.42. The minimum atomic E-state index is -0.235. The van der Waals surface area contributed by atoms with Crippen molar-refractivity contribution in [2.24, 2.45) is 5.41 Å². The number of hydrogen-bond donors (Lipinski definition) is 0. The molecule has 1 saturated carbocycles. The van der Waals surface area contributed by atoms with E-state index in [1.54, 1.807) is 0 Å². The number of nitrogens with zero attached hydrogens (tertiary/aromatic N) is 4. The molecule has 0 bridgehead atoms. The van der Waals surface area contributed by atoms with Crippen molar-refractivity contribution in [3.05, 3.63) is 27.7 Å². The van der Waals surface area contributed by atoms with Crippen LogP contribution in [0.4, 0.5) is 0 Å². The van der Waals surface area contributed by atoms with Crippen LogP contribution >= 0.6 is 0 Å². The summed E-state index contributed by atoms with van der Waals surface area (Å²) in [6, 6.07) is 1.96. The molecule has 3 aliphatic rings. The summed E-state index contributed by atoms with van der Waals surface area (Å²) >= 11 is 0. The fourth-order valence-electron chi connectivity index (χ4n) is 4.53. The van der Waals surface area contributed by atoms with Crippen LogP contribution < -0.4 is 5.56 Å². The number of aromatic nitrogens is 2. The van der Waals surface area contributed by atoms with Crippen LogP contribution in [0.1, 0.15) is 49.8 Å². The molecule has 4 rings (SSSR count). The Bertz CT molecular complexity index is 829. The zero-order chi connectivity index (χ0) is 19.2. The number of carbonyl (C=O) groups is 2. The third kappa shape index (κ3) is 3.64. The largest absolute Gasteiger partial charge is 0.340 e. The van der Waals surface area contributed by atoms with E-state index in [9.17, 15) is 14.4 Å². The molecule has 7 nitrogen and oxygen atoms in total. The van der Waals surface area contributed by atoms with Crippen LogP contribution in [0, 0.1) is 19.3 Å². The average Bonchev–Trinajstić information content (AvgIpc) is 3.47. The van der Waals surface area contributed by atoms with Gasteiger partial charge in [0, 0.05) is 43.6 Å². The van der Waals surface area contributed by atoms with E-state index < -0.39 is 0 Å². The number of aryl methyl sites for hydroxylation is 2. The van der Waals surface area contributed by atoms with Gasteiger partial charge in [-0.25, -0.2) is 4.68 Å². The van der Waals surface area contributed by atoms with Gasteiger partial charge in [0.1, 0.15) is 6.54 Å². The molecular formula is C20H28N4O3. The number of hydrogen-bond acceptors (Lipinski definition) is 4. The van der Waals surface area contributed by atoms with E-state index in [-0.39, 0.29) is 29.3 Å². The highest BCUT2D eigenvalue weighted by molar-refractivity contribution is 5.78. The van der Waals surface area contributed by atoms with Gasteiger partial charge in [-0.05, 0) is 51.5 Å². The Morgan fingerprint density at radius 1 is 1.22 bits per heavy atom. The van der Waals surface area contributed by atoms with Crippen LogP contribution in [-0.4, -0.2) is 57.1 Å². The number of carbonyl (C=O) groups excluding carboxylic acids is 2. The Labute approximate surface area is 159 Å². The maximum atomic E-state index is 12.9. The number of piperidine rings is 2. The molecule has 27 heavy (non-hydrogen) atoms. The lowest BCUT2D eigenvalue weighted by molar-refractivity contribution is -0.144. The van der Waals surface area contributed by atoms with E-state index in [4.69, 9.17) is 0 Å². The van der Waals surface area contributed by atoms with Crippen molar-refractivity contribution < 1.29 is 9.59 Å². The van der Waals surface area contributed by atoms with Crippen LogP contribution in [0.3, 0.4) is 0 Å². The summed E-state index contributed by atoms with van der Waals surface area (Å²) in [4.78, 5) is 41.2. The Morgan fingerprint density at radius 3 is 2.74 bits per heavy atom. The topological polar surface area (TPSA) is 75.5 Å². The second kappa shape index (κ2) is 6.77. The van der Waals surface area contributed by atoms with E-state index in [1.165, 1.54) is 10.7 Å². The molecule has 146 valence electrons. The van der Waals surface area contributed by atoms with Gasteiger partial charge in [-0.2, -0.15) is 5.10 Å². The first-order valence-electron chi connectivity index (χ1n) is 10.00. The summed E-state index contributed by atoms with van der Waals surface area (Å²) in [5.41, 5.74) is 1.39. The highest BCUT2D eigenvalue weighted by Gasteiger charge is 2.46. The normalized spacial score (nSPS) is 25.9. The van der Waals surface area contributed by atoms with Crippen LogP contribution in [0.5, 0.6) is 0 Å². The second-order valence-electron chi connectivity index (χ2n) is 8.58. The summed E-state index contributed by atoms with van der Waals surface area (Å²) in [7, 11) is 0. The molecule has 1 atom stereocenters. The second-order valence-corrected chi connectivity index (χ2v) is 8.58. The maximum absolute atomic E-state index is 12.9. The number of amides is 2. The van der Waals surface area contributed by atoms with Crippen LogP contribution in [0.2, 0.25) is 0 Å². The fraction of sp³-hybridized carbons (Fsp3) is 0.700. The first kappa shape index (κ1) is 18.2. The summed E-state index contributed by atoms with van der Waals surface area (Å²) < 4.78 is 1.27. The molecule has 0 radical (unpaired) electrons. The van der Waals surface area contributed by atoms with Crippen LogP contribution in [-0.2, 0) is 16.1 Å². The summed E-state index contributed by atoms with van der Waals surface area (Å²) in [6.45, 7) is 5.86. The van der Waals surface area contributed by atoms with Crippen molar-refractivity contribution in [3.63, 3.8) is 0 Å². The minimum Gasteiger partial charge on any atom is -0.340 e. The van der Waals surface area contributed by atoms with Gasteiger partial charge in [0.25, 0.3) is 5.56 Å². The Morgan fingerprint density at radius 2 is 2.00 bits per heavy atom. The van der Waals surface area contributed by atoms with Crippen LogP contribution in [0.25, 0.3) is 0 Å². The van der Waals surface area contributed by atoms with Crippen molar-refractivity contribution in [1.82, 2.24) is 19.6 Å². The molecule has 2 aliphatic heterocycles. The summed E-state index contributed by atoms with van der Waals surface area (Å²) in [5.74, 6) is 0.222. The highest BCUT2D eigenvalue weighted by atomic mass is 16.2. The van der Waals surface area contributed by atoms with Gasteiger partial charge in [0.2, 0.25) is 11.8 Å². The molecule has 2 amide bonds. The monoisotopic (exact) mass is 372 g/mol. The lowest BCUT2D eigenvalue weighted by Crippen LogP contribution is -2.56. The standard InChI is InChI=1S/C20H28N4O3/c1-14-10-18(26)24(21-15(14)2)11-19(27)22-9-3-7-20(12-22)8-6-17(25)23(13-20)16-4-5-16/h10,16H,3-9,11-13H2,1-2H3/t20-/m1/s1. The van der Waals surface area contributed by atoms with Gasteiger partial charge in [-0.15, -0.1) is 0 Å². The van der Waals surface area contributed by atoms with Gasteiger partial charge < -0.3 is 9.80 Å². The first-order chi connectivity index (χ1) is 12.9. The van der Waals surface area contributed by atoms with Gasteiger partial charge in [0.15, 0.2) is 0 Å². The van der Waals surface area contributed by atoms with Gasteiger partial charge in [0.05, 0.1) is 5.69 Å². The van der Waals surface area contributed by atoms with Crippen molar-refractivity contribution in [3.8, 4) is 0 Å². The number of rotatable bonds is 3. The Kier molecular flexibility index (Phi) is 4.56. The SMILES string of the molecule is Cc1cc(=O)n(CC(=O)N2CCC[C@@]3(CCC(=O)N(C4CC4)C3)C2)nc1C. The summed E-state index contributed by atoms with van der Waals surface area (Å²) in [6.07, 6.45) is 5.71. The molecule has 3 fully saturated rings. The molecule has 0 N–H and O–H groups in total. The third-order valence-corrected chi connectivity index (χ3v) is 6.42. The van der Waals surface area contributed by atoms with Crippen molar-refractivity contribution >= 4 is 11.8 Å². The smallest absolute Gasteiger partial charge is 0.267 e. The average molecular weight is 372 g/mol. The molecule has 1 aromatic heterocycles. The van der Waals surface area contributed by atoms with Gasteiger partial charge in [-0.3, -0.25) is 14.4 Å². The quantitative estimate of drug-likeness (QED) is 0.800. The molecule has 0 unspecified atom stereocenters. The lowest BCUT2D eigenvalue weighted by Gasteiger charge is -2.48. The Balaban J connectivity index is 1.46. The molecule has 2 saturated heterocycles. The molecule has 1 spiro atoms. The molecule has 3 heterocycles. The maximum Gasteiger partial charge on any atom is 0.267 e. The molecule has 0 aromatic carbocycles. The van der Waals surface area contributed by atoms with Crippen molar-refractivity contribution in [1.29, 1.82) is 0 Å². The zero-order valence-electron chi connectivity index (χ0n) is 16.2. The number of likely N-dealkylation sites (tertiary alicyclic amines) is 2. The van der Waals surface area contributed by atoms with E-state index in [1.807, 2.05) is 18.7 Å². The fourth-order valence-corrected chi connectivity index (χ4v) is 4.53. The van der Waals surface area contributed by atoms with E-state index >= 15 is 0 Å². The minimum absolute atomic E-state index is 0.0126. The van der Waals surface area contributed by atoms with E-state index in [2.05, 4.69) is 10.00 Å². The van der Waals surface area contributed by atoms with Gasteiger partial charge >= 0.3 is 0 Å². The zero-order valence-corrected chi connectivity index (χ0v) is 16.2. The predicted molar refractivity (Wildman–Crippen MR) is 100 cm³/mol. The molecule has 1 aliphatic carbocycles. The predicted octanol–water partition coefficient (Wildman–Crippen LogP) is 1.25. The molecular weight excluding hydrogens is 344 g/mol. The lowest BCUT2D eigenvalue weighted by atomic mass is 9.73. The van der Waals surface area contributed by atoms with Crippen molar-refractivity contribution in [2.75, 3.05) is 19.6 Å². The first-order valence-corrected chi connectivity index (χ1v) is 10.00. The van der Waals surface area contributed by atoms with E-state index in [0.717, 1.165) is 56.5 Å². The molecule has 1 aromatic rings.